The van der Waals surface area contributed by atoms with E-state index in [1.54, 1.807) is 23.9 Å². The van der Waals surface area contributed by atoms with E-state index in [2.05, 4.69) is 53.0 Å². The number of thioether (sulfide) groups is 1. The third-order valence-corrected chi connectivity index (χ3v) is 6.48. The number of para-hydroxylation sites is 1. The number of nitrogens with one attached hydrogen (secondary N) is 1. The van der Waals surface area contributed by atoms with Gasteiger partial charge in [-0.15, -0.1) is 10.2 Å². The smallest absolute Gasteiger partial charge is 0.251 e. The molecule has 1 aromatic heterocycles. The molecule has 0 unspecified atom stereocenters. The molecule has 0 saturated heterocycles. The zero-order chi connectivity index (χ0) is 24.1. The van der Waals surface area contributed by atoms with Crippen LogP contribution < -0.4 is 5.32 Å². The number of carbonyl (C=O) groups excluding carboxylic acids is 1. The number of rotatable bonds is 8. The number of hydrogen-bond donors (Lipinski definition) is 1. The molecule has 174 valence electrons. The molecular weight excluding hydrogens is 447 g/mol. The Balaban J connectivity index is 1.42. The summed E-state index contributed by atoms with van der Waals surface area (Å²) >= 11 is 1.62. The van der Waals surface area contributed by atoms with Crippen LogP contribution in [-0.4, -0.2) is 20.7 Å². The molecule has 34 heavy (non-hydrogen) atoms. The SMILES string of the molecule is Cc1ccccc1-n1c(SCc2ccc(C(=O)NCc3ccc(F)cc3)cc2)nnc1C(C)C. The lowest BCUT2D eigenvalue weighted by Crippen LogP contribution is -2.22. The van der Waals surface area contributed by atoms with Crippen LogP contribution in [0.1, 0.15) is 52.6 Å². The van der Waals surface area contributed by atoms with Gasteiger partial charge in [-0.1, -0.05) is 68.1 Å². The summed E-state index contributed by atoms with van der Waals surface area (Å²) in [6.07, 6.45) is 0. The van der Waals surface area contributed by atoms with Gasteiger partial charge in [-0.25, -0.2) is 4.39 Å². The molecule has 0 fully saturated rings. The summed E-state index contributed by atoms with van der Waals surface area (Å²) in [5, 5.41) is 12.6. The van der Waals surface area contributed by atoms with Crippen molar-refractivity contribution in [3.05, 3.63) is 107 Å². The summed E-state index contributed by atoms with van der Waals surface area (Å²) in [7, 11) is 0. The minimum atomic E-state index is -0.291. The highest BCUT2D eigenvalue weighted by Gasteiger charge is 2.18. The number of amides is 1. The number of carbonyl (C=O) groups is 1. The highest BCUT2D eigenvalue weighted by atomic mass is 32.2. The van der Waals surface area contributed by atoms with Crippen molar-refractivity contribution < 1.29 is 9.18 Å². The molecule has 0 aliphatic heterocycles. The normalized spacial score (nSPS) is 11.1. The summed E-state index contributed by atoms with van der Waals surface area (Å²) in [4.78, 5) is 12.5. The Kier molecular flexibility index (Phi) is 7.43. The molecule has 0 saturated carbocycles. The molecule has 0 aliphatic rings. The number of benzene rings is 3. The molecule has 4 aromatic rings. The van der Waals surface area contributed by atoms with Crippen molar-refractivity contribution in [2.45, 2.75) is 44.1 Å². The van der Waals surface area contributed by atoms with Gasteiger partial charge in [0.2, 0.25) is 0 Å². The largest absolute Gasteiger partial charge is 0.348 e. The number of aromatic nitrogens is 3. The zero-order valence-electron chi connectivity index (χ0n) is 19.5. The van der Waals surface area contributed by atoms with Crippen molar-refractivity contribution in [3.63, 3.8) is 0 Å². The molecule has 3 aromatic carbocycles. The topological polar surface area (TPSA) is 59.8 Å². The van der Waals surface area contributed by atoms with Crippen LogP contribution in [0.5, 0.6) is 0 Å². The fraction of sp³-hybridized carbons (Fsp3) is 0.222. The Bertz CT molecular complexity index is 1270. The summed E-state index contributed by atoms with van der Waals surface area (Å²) in [5.41, 5.74) is 4.78. The average molecular weight is 475 g/mol. The van der Waals surface area contributed by atoms with Gasteiger partial charge in [0, 0.05) is 23.8 Å². The lowest BCUT2D eigenvalue weighted by Gasteiger charge is -2.14. The molecule has 0 spiro atoms. The van der Waals surface area contributed by atoms with E-state index in [0.717, 1.165) is 27.8 Å². The Morgan fingerprint density at radius 3 is 2.32 bits per heavy atom. The summed E-state index contributed by atoms with van der Waals surface area (Å²) in [6, 6.07) is 21.9. The van der Waals surface area contributed by atoms with Crippen molar-refractivity contribution in [1.29, 1.82) is 0 Å². The van der Waals surface area contributed by atoms with Crippen LogP contribution in [0, 0.1) is 12.7 Å². The van der Waals surface area contributed by atoms with E-state index in [1.165, 1.54) is 17.7 Å². The molecule has 0 bridgehead atoms. The Morgan fingerprint density at radius 1 is 0.971 bits per heavy atom. The second-order valence-electron chi connectivity index (χ2n) is 8.41. The molecule has 0 atom stereocenters. The first-order chi connectivity index (χ1) is 16.4. The molecule has 7 heteroatoms. The van der Waals surface area contributed by atoms with Gasteiger partial charge >= 0.3 is 0 Å². The Morgan fingerprint density at radius 2 is 1.65 bits per heavy atom. The molecule has 1 amide bonds. The van der Waals surface area contributed by atoms with Gasteiger partial charge in [-0.2, -0.15) is 0 Å². The maximum Gasteiger partial charge on any atom is 0.251 e. The summed E-state index contributed by atoms with van der Waals surface area (Å²) in [6.45, 7) is 6.68. The zero-order valence-corrected chi connectivity index (χ0v) is 20.3. The van der Waals surface area contributed by atoms with Gasteiger partial charge in [-0.05, 0) is 53.9 Å². The second-order valence-corrected chi connectivity index (χ2v) is 9.35. The van der Waals surface area contributed by atoms with Crippen LogP contribution in [0.2, 0.25) is 0 Å². The number of hydrogen-bond acceptors (Lipinski definition) is 4. The molecule has 1 N–H and O–H groups in total. The monoisotopic (exact) mass is 474 g/mol. The maximum atomic E-state index is 13.0. The third-order valence-electron chi connectivity index (χ3n) is 5.48. The van der Waals surface area contributed by atoms with Gasteiger partial charge in [0.25, 0.3) is 5.91 Å². The van der Waals surface area contributed by atoms with E-state index in [0.29, 0.717) is 17.9 Å². The summed E-state index contributed by atoms with van der Waals surface area (Å²) < 4.78 is 15.2. The first-order valence-corrected chi connectivity index (χ1v) is 12.2. The quantitative estimate of drug-likeness (QED) is 0.315. The average Bonchev–Trinajstić information content (AvgIpc) is 3.27. The first-order valence-electron chi connectivity index (χ1n) is 11.2. The van der Waals surface area contributed by atoms with Gasteiger partial charge in [-0.3, -0.25) is 9.36 Å². The van der Waals surface area contributed by atoms with Crippen LogP contribution in [-0.2, 0) is 12.3 Å². The van der Waals surface area contributed by atoms with Crippen molar-refractivity contribution >= 4 is 17.7 Å². The third kappa shape index (κ3) is 5.54. The predicted molar refractivity (Wildman–Crippen MR) is 134 cm³/mol. The Labute approximate surface area is 203 Å². The van der Waals surface area contributed by atoms with Crippen molar-refractivity contribution in [2.24, 2.45) is 0 Å². The fourth-order valence-electron chi connectivity index (χ4n) is 3.58. The molecule has 5 nitrogen and oxygen atoms in total. The molecular formula is C27H27FN4OS. The van der Waals surface area contributed by atoms with E-state index in [9.17, 15) is 9.18 Å². The number of halogens is 1. The van der Waals surface area contributed by atoms with Crippen LogP contribution >= 0.6 is 11.8 Å². The second kappa shape index (κ2) is 10.7. The number of aryl methyl sites for hydroxylation is 1. The van der Waals surface area contributed by atoms with Gasteiger partial charge in [0.15, 0.2) is 5.16 Å². The van der Waals surface area contributed by atoms with Crippen LogP contribution in [0.25, 0.3) is 5.69 Å². The van der Waals surface area contributed by atoms with Crippen molar-refractivity contribution in [2.75, 3.05) is 0 Å². The standard InChI is InChI=1S/C27H27FN4OS/c1-18(2)25-30-31-27(32(25)24-7-5-4-6-19(24)3)34-17-21-8-12-22(13-9-21)26(33)29-16-20-10-14-23(28)15-11-20/h4-15,18H,16-17H2,1-3H3,(H,29,33). The van der Waals surface area contributed by atoms with Crippen LogP contribution in [0.15, 0.2) is 78.0 Å². The van der Waals surface area contributed by atoms with Gasteiger partial charge in [0.05, 0.1) is 5.69 Å². The van der Waals surface area contributed by atoms with Crippen molar-refractivity contribution in [3.8, 4) is 5.69 Å². The van der Waals surface area contributed by atoms with Crippen LogP contribution in [0.3, 0.4) is 0 Å². The Hall–Kier alpha value is -3.45. The highest BCUT2D eigenvalue weighted by Crippen LogP contribution is 2.29. The van der Waals surface area contributed by atoms with Crippen LogP contribution in [0.4, 0.5) is 4.39 Å². The minimum Gasteiger partial charge on any atom is -0.348 e. The van der Waals surface area contributed by atoms with Gasteiger partial charge < -0.3 is 5.32 Å². The summed E-state index contributed by atoms with van der Waals surface area (Å²) in [5.74, 6) is 1.43. The molecule has 1 heterocycles. The fourth-order valence-corrected chi connectivity index (χ4v) is 4.48. The highest BCUT2D eigenvalue weighted by molar-refractivity contribution is 7.98. The van der Waals surface area contributed by atoms with E-state index in [4.69, 9.17) is 0 Å². The lowest BCUT2D eigenvalue weighted by molar-refractivity contribution is 0.0951. The maximum absolute atomic E-state index is 13.0. The molecule has 0 aliphatic carbocycles. The minimum absolute atomic E-state index is 0.163. The van der Waals surface area contributed by atoms with E-state index in [-0.39, 0.29) is 17.6 Å². The van der Waals surface area contributed by atoms with E-state index in [1.807, 2.05) is 36.4 Å². The number of nitrogens with zero attached hydrogens (tertiary/aromatic N) is 3. The van der Waals surface area contributed by atoms with Gasteiger partial charge in [0.1, 0.15) is 11.6 Å². The molecule has 0 radical (unpaired) electrons. The first kappa shape index (κ1) is 23.7. The predicted octanol–water partition coefficient (Wildman–Crippen LogP) is 6.06. The van der Waals surface area contributed by atoms with Crippen molar-refractivity contribution in [1.82, 2.24) is 20.1 Å². The lowest BCUT2D eigenvalue weighted by atomic mass is 10.1. The van der Waals surface area contributed by atoms with E-state index >= 15 is 0 Å². The van der Waals surface area contributed by atoms with E-state index < -0.39 is 0 Å². The molecule has 4 rings (SSSR count).